The van der Waals surface area contributed by atoms with Gasteiger partial charge in [0.1, 0.15) is 0 Å². The Morgan fingerprint density at radius 1 is 0.935 bits per heavy atom. The summed E-state index contributed by atoms with van der Waals surface area (Å²) >= 11 is 4.99. The Morgan fingerprint density at radius 3 is 2.32 bits per heavy atom. The summed E-state index contributed by atoms with van der Waals surface area (Å²) in [6.45, 7) is 18.8. The maximum absolute atomic E-state index is 3.88. The molecule has 2 nitrogen and oxygen atoms in total. The van der Waals surface area contributed by atoms with Crippen molar-refractivity contribution in [1.82, 2.24) is 10.2 Å². The Bertz CT molecular complexity index is 761. The molecule has 0 aromatic carbocycles. The van der Waals surface area contributed by atoms with Gasteiger partial charge in [-0.05, 0) is 115 Å². The van der Waals surface area contributed by atoms with Crippen molar-refractivity contribution >= 4 is 45.2 Å². The Kier molecular flexibility index (Phi) is 8.98. The lowest BCUT2D eigenvalue weighted by atomic mass is 9.72. The number of nitrogens with one attached hydrogen (secondary N) is 1. The molecule has 1 fully saturated rings. The fourth-order valence-electron chi connectivity index (χ4n) is 5.02. The summed E-state index contributed by atoms with van der Waals surface area (Å²) in [5, 5.41) is 3.88. The van der Waals surface area contributed by atoms with E-state index in [2.05, 4.69) is 121 Å². The number of hydrogen-bond acceptors (Lipinski definition) is 2. The van der Waals surface area contributed by atoms with Gasteiger partial charge in [0.25, 0.3) is 0 Å². The van der Waals surface area contributed by atoms with E-state index in [0.29, 0.717) is 17.9 Å². The number of halogens is 2. The molecule has 0 aromatic rings. The zero-order chi connectivity index (χ0) is 22.8. The molecule has 3 atom stereocenters. The number of hydrogen-bond donors (Lipinski definition) is 1. The highest BCUT2D eigenvalue weighted by Crippen LogP contribution is 2.40. The zero-order valence-corrected chi connectivity index (χ0v) is 24.7. The highest BCUT2D eigenvalue weighted by atomic mass is 127. The topological polar surface area (TPSA) is 15.3 Å². The molecule has 0 bridgehead atoms. The minimum atomic E-state index is 0.217. The van der Waals surface area contributed by atoms with Gasteiger partial charge >= 0.3 is 0 Å². The van der Waals surface area contributed by atoms with Gasteiger partial charge in [-0.15, -0.1) is 0 Å². The number of likely N-dealkylation sites (tertiary alicyclic amines) is 1. The predicted octanol–water partition coefficient (Wildman–Crippen LogP) is 7.66. The van der Waals surface area contributed by atoms with Crippen LogP contribution in [-0.2, 0) is 0 Å². The van der Waals surface area contributed by atoms with Crippen LogP contribution in [0.25, 0.3) is 0 Å². The van der Waals surface area contributed by atoms with Crippen molar-refractivity contribution in [2.24, 2.45) is 22.7 Å². The molecular formula is C27H42I2N2. The Labute approximate surface area is 218 Å². The number of allylic oxidation sites excluding steroid dienone is 6. The lowest BCUT2D eigenvalue weighted by Crippen LogP contribution is -2.41. The van der Waals surface area contributed by atoms with Crippen LogP contribution in [0.5, 0.6) is 0 Å². The Hall–Kier alpha value is 0.340. The van der Waals surface area contributed by atoms with Gasteiger partial charge in [-0.1, -0.05) is 65.3 Å². The fourth-order valence-corrected chi connectivity index (χ4v) is 7.40. The zero-order valence-electron chi connectivity index (χ0n) is 20.4. The first-order valence-corrected chi connectivity index (χ1v) is 14.2. The number of rotatable bonds is 6. The third-order valence-corrected chi connectivity index (χ3v) is 8.38. The van der Waals surface area contributed by atoms with Crippen LogP contribution in [0.15, 0.2) is 42.6 Å². The van der Waals surface area contributed by atoms with Gasteiger partial charge in [-0.25, -0.2) is 0 Å². The van der Waals surface area contributed by atoms with Crippen LogP contribution >= 0.6 is 45.2 Å². The molecule has 0 radical (unpaired) electrons. The molecule has 4 heteroatoms. The van der Waals surface area contributed by atoms with E-state index in [1.54, 1.807) is 5.57 Å². The SMILES string of the molecule is CC(C)(C)C1=CC(CNCC2CCCN2CC2C=C(I)C=C(I)C2)CC(C(C)(C)C)=C1. The van der Waals surface area contributed by atoms with Crippen LogP contribution in [-0.4, -0.2) is 37.1 Å². The first kappa shape index (κ1) is 26.0. The van der Waals surface area contributed by atoms with Crippen molar-refractivity contribution in [3.63, 3.8) is 0 Å². The number of nitrogens with zero attached hydrogens (tertiary/aromatic N) is 1. The van der Waals surface area contributed by atoms with E-state index in [4.69, 9.17) is 0 Å². The molecule has 1 N–H and O–H groups in total. The van der Waals surface area contributed by atoms with Gasteiger partial charge in [0, 0.05) is 29.3 Å². The molecule has 2 aliphatic carbocycles. The molecule has 3 rings (SSSR count). The van der Waals surface area contributed by atoms with Crippen LogP contribution in [0, 0.1) is 22.7 Å². The van der Waals surface area contributed by atoms with Crippen molar-refractivity contribution in [3.05, 3.63) is 42.6 Å². The minimum absolute atomic E-state index is 0.217. The Balaban J connectivity index is 1.54. The van der Waals surface area contributed by atoms with Crippen molar-refractivity contribution in [1.29, 1.82) is 0 Å². The lowest BCUT2D eigenvalue weighted by Gasteiger charge is -2.34. The first-order valence-electron chi connectivity index (χ1n) is 12.0. The van der Waals surface area contributed by atoms with Gasteiger partial charge in [-0.2, -0.15) is 0 Å². The quantitative estimate of drug-likeness (QED) is 0.298. The standard InChI is InChI=1S/C27H42I2N2/c1-26(2,3)21-10-19(11-22(14-21)27(4,5)6)16-30-17-25-8-7-9-31(25)18-20-12-23(28)15-24(29)13-20/h10,12,14-15,19-20,25,30H,7-9,11,13,16-18H2,1-6H3. The van der Waals surface area contributed by atoms with Crippen molar-refractivity contribution in [2.75, 3.05) is 26.2 Å². The van der Waals surface area contributed by atoms with E-state index >= 15 is 0 Å². The van der Waals surface area contributed by atoms with E-state index in [1.165, 1.54) is 51.5 Å². The molecule has 174 valence electrons. The second kappa shape index (κ2) is 10.7. The monoisotopic (exact) mass is 648 g/mol. The Morgan fingerprint density at radius 2 is 1.68 bits per heavy atom. The maximum Gasteiger partial charge on any atom is 0.0221 e. The molecule has 3 unspecified atom stereocenters. The van der Waals surface area contributed by atoms with Gasteiger partial charge in [0.2, 0.25) is 0 Å². The smallest absolute Gasteiger partial charge is 0.0221 e. The van der Waals surface area contributed by atoms with E-state index < -0.39 is 0 Å². The summed E-state index contributed by atoms with van der Waals surface area (Å²) in [6.07, 6.45) is 14.9. The average molecular weight is 648 g/mol. The van der Waals surface area contributed by atoms with Crippen LogP contribution in [0.3, 0.4) is 0 Å². The third kappa shape index (κ3) is 7.68. The summed E-state index contributed by atoms with van der Waals surface area (Å²) in [5.41, 5.74) is 3.59. The van der Waals surface area contributed by atoms with Crippen molar-refractivity contribution in [2.45, 2.75) is 73.3 Å². The second-order valence-electron chi connectivity index (χ2n) is 11.8. The summed E-state index contributed by atoms with van der Waals surface area (Å²) in [6, 6.07) is 0.696. The molecule has 1 saturated heterocycles. The van der Waals surface area contributed by atoms with Gasteiger partial charge in [0.15, 0.2) is 0 Å². The predicted molar refractivity (Wildman–Crippen MR) is 153 cm³/mol. The normalized spacial score (nSPS) is 28.2. The molecule has 3 aliphatic rings. The second-order valence-corrected chi connectivity index (χ2v) is 14.4. The van der Waals surface area contributed by atoms with E-state index in [1.807, 2.05) is 0 Å². The summed E-state index contributed by atoms with van der Waals surface area (Å²) < 4.78 is 2.92. The highest BCUT2D eigenvalue weighted by Gasteiger charge is 2.29. The van der Waals surface area contributed by atoms with Gasteiger partial charge in [-0.3, -0.25) is 4.90 Å². The molecule has 1 aliphatic heterocycles. The van der Waals surface area contributed by atoms with Gasteiger partial charge < -0.3 is 5.32 Å². The van der Waals surface area contributed by atoms with E-state index in [9.17, 15) is 0 Å². The third-order valence-electron chi connectivity index (χ3n) is 6.96. The molecule has 0 amide bonds. The first-order chi connectivity index (χ1) is 14.4. The summed E-state index contributed by atoms with van der Waals surface area (Å²) in [7, 11) is 0. The lowest BCUT2D eigenvalue weighted by molar-refractivity contribution is 0.223. The van der Waals surface area contributed by atoms with Crippen LogP contribution in [0.1, 0.15) is 67.2 Å². The van der Waals surface area contributed by atoms with Crippen LogP contribution in [0.4, 0.5) is 0 Å². The molecule has 0 aromatic heterocycles. The molecule has 0 saturated carbocycles. The average Bonchev–Trinajstić information content (AvgIpc) is 3.06. The van der Waals surface area contributed by atoms with E-state index in [0.717, 1.165) is 13.1 Å². The summed E-state index contributed by atoms with van der Waals surface area (Å²) in [4.78, 5) is 2.76. The molecule has 0 spiro atoms. The molecular weight excluding hydrogens is 606 g/mol. The molecule has 1 heterocycles. The maximum atomic E-state index is 3.88. The van der Waals surface area contributed by atoms with Crippen LogP contribution < -0.4 is 5.32 Å². The summed E-state index contributed by atoms with van der Waals surface area (Å²) in [5.74, 6) is 1.29. The van der Waals surface area contributed by atoms with Crippen molar-refractivity contribution in [3.8, 4) is 0 Å². The fraction of sp³-hybridized carbons (Fsp3) is 0.704. The minimum Gasteiger partial charge on any atom is -0.315 e. The highest BCUT2D eigenvalue weighted by molar-refractivity contribution is 14.1. The molecule has 31 heavy (non-hydrogen) atoms. The largest absolute Gasteiger partial charge is 0.315 e. The van der Waals surface area contributed by atoms with Crippen LogP contribution in [0.2, 0.25) is 0 Å². The van der Waals surface area contributed by atoms with Gasteiger partial charge in [0.05, 0.1) is 0 Å². The van der Waals surface area contributed by atoms with Crippen molar-refractivity contribution < 1.29 is 0 Å². The van der Waals surface area contributed by atoms with E-state index in [-0.39, 0.29) is 10.8 Å².